The molecular formula is C16H12O3. The summed E-state index contributed by atoms with van der Waals surface area (Å²) in [5.41, 5.74) is 3.75. The van der Waals surface area contributed by atoms with Gasteiger partial charge in [0.05, 0.1) is 0 Å². The Hall–Kier alpha value is -2.42. The molecule has 0 amide bonds. The molecule has 0 bridgehead atoms. The van der Waals surface area contributed by atoms with E-state index in [4.69, 9.17) is 4.42 Å². The zero-order valence-corrected chi connectivity index (χ0v) is 10.2. The van der Waals surface area contributed by atoms with Crippen molar-refractivity contribution < 1.29 is 14.6 Å². The summed E-state index contributed by atoms with van der Waals surface area (Å²) in [7, 11) is 0. The van der Waals surface area contributed by atoms with Crippen LogP contribution < -0.4 is 0 Å². The summed E-state index contributed by atoms with van der Waals surface area (Å²) in [5, 5.41) is 20.5. The van der Waals surface area contributed by atoms with Gasteiger partial charge < -0.3 is 14.6 Å². The molecule has 0 spiro atoms. The lowest BCUT2D eigenvalue weighted by Crippen LogP contribution is -2.01. The fourth-order valence-corrected chi connectivity index (χ4v) is 2.90. The number of furan rings is 1. The van der Waals surface area contributed by atoms with Crippen molar-refractivity contribution in [3.63, 3.8) is 0 Å². The van der Waals surface area contributed by atoms with Crippen LogP contribution in [0.15, 0.2) is 40.8 Å². The first-order valence-electron chi connectivity index (χ1n) is 6.29. The van der Waals surface area contributed by atoms with E-state index in [-0.39, 0.29) is 5.75 Å². The predicted octanol–water partition coefficient (Wildman–Crippen LogP) is 3.61. The van der Waals surface area contributed by atoms with Gasteiger partial charge in [-0.25, -0.2) is 0 Å². The molecule has 94 valence electrons. The van der Waals surface area contributed by atoms with E-state index in [1.54, 1.807) is 18.2 Å². The van der Waals surface area contributed by atoms with E-state index in [2.05, 4.69) is 0 Å². The summed E-state index contributed by atoms with van der Waals surface area (Å²) in [6.45, 7) is 0. The van der Waals surface area contributed by atoms with Gasteiger partial charge in [-0.3, -0.25) is 0 Å². The van der Waals surface area contributed by atoms with Crippen LogP contribution in [-0.4, -0.2) is 10.2 Å². The number of benzene rings is 2. The quantitative estimate of drug-likeness (QED) is 0.642. The molecule has 3 aromatic rings. The van der Waals surface area contributed by atoms with E-state index in [0.717, 1.165) is 40.7 Å². The summed E-state index contributed by atoms with van der Waals surface area (Å²) in [5.74, 6) is 1.35. The monoisotopic (exact) mass is 252 g/mol. The van der Waals surface area contributed by atoms with Gasteiger partial charge in [0.15, 0.2) is 0 Å². The molecule has 1 aromatic heterocycles. The number of fused-ring (bicyclic) bond motifs is 5. The van der Waals surface area contributed by atoms with E-state index in [0.29, 0.717) is 11.3 Å². The van der Waals surface area contributed by atoms with Gasteiger partial charge in [0, 0.05) is 28.1 Å². The van der Waals surface area contributed by atoms with E-state index in [9.17, 15) is 10.2 Å². The minimum atomic E-state index is 0.203. The molecule has 0 saturated carbocycles. The summed E-state index contributed by atoms with van der Waals surface area (Å²) < 4.78 is 5.88. The van der Waals surface area contributed by atoms with Crippen LogP contribution in [-0.2, 0) is 12.8 Å². The van der Waals surface area contributed by atoms with Crippen molar-refractivity contribution in [3.8, 4) is 22.8 Å². The maximum atomic E-state index is 9.92. The highest BCUT2D eigenvalue weighted by molar-refractivity contribution is 5.90. The first-order chi connectivity index (χ1) is 9.24. The highest BCUT2D eigenvalue weighted by atomic mass is 16.3. The summed E-state index contributed by atoms with van der Waals surface area (Å²) in [4.78, 5) is 0. The molecule has 2 N–H and O–H groups in total. The Morgan fingerprint density at radius 2 is 1.79 bits per heavy atom. The third-order valence-electron chi connectivity index (χ3n) is 3.80. The van der Waals surface area contributed by atoms with E-state index in [1.165, 1.54) is 0 Å². The van der Waals surface area contributed by atoms with Gasteiger partial charge in [-0.05, 0) is 31.0 Å². The van der Waals surface area contributed by atoms with Gasteiger partial charge in [0.25, 0.3) is 0 Å². The lowest BCUT2D eigenvalue weighted by Gasteiger charge is -2.16. The zero-order valence-electron chi connectivity index (χ0n) is 10.2. The molecule has 3 nitrogen and oxygen atoms in total. The lowest BCUT2D eigenvalue weighted by atomic mass is 9.89. The molecule has 0 radical (unpaired) electrons. The molecule has 0 aliphatic heterocycles. The van der Waals surface area contributed by atoms with Crippen molar-refractivity contribution >= 4 is 11.0 Å². The Morgan fingerprint density at radius 3 is 2.68 bits per heavy atom. The Bertz CT molecular complexity index is 799. The molecule has 1 aliphatic rings. The lowest BCUT2D eigenvalue weighted by molar-refractivity contribution is 0.466. The third kappa shape index (κ3) is 1.38. The van der Waals surface area contributed by atoms with Crippen LogP contribution >= 0.6 is 0 Å². The van der Waals surface area contributed by atoms with Crippen LogP contribution in [0.1, 0.15) is 11.1 Å². The van der Waals surface area contributed by atoms with Gasteiger partial charge in [-0.15, -0.1) is 0 Å². The second-order valence-corrected chi connectivity index (χ2v) is 4.89. The third-order valence-corrected chi connectivity index (χ3v) is 3.80. The van der Waals surface area contributed by atoms with Gasteiger partial charge in [0.1, 0.15) is 22.8 Å². The molecule has 0 saturated heterocycles. The number of aryl methyl sites for hydroxylation is 1. The molecule has 1 aliphatic carbocycles. The SMILES string of the molecule is Oc1ccc2c3c(oc2c1)-c1cccc(O)c1CC3. The standard InChI is InChI=1S/C16H12O3/c17-9-4-5-11-13-7-6-10-12(2-1-3-14(10)18)16(13)19-15(11)8-9/h1-5,8,17-18H,6-7H2. The molecule has 19 heavy (non-hydrogen) atoms. The van der Waals surface area contributed by atoms with Gasteiger partial charge in [-0.1, -0.05) is 12.1 Å². The first-order valence-corrected chi connectivity index (χ1v) is 6.29. The van der Waals surface area contributed by atoms with Crippen molar-refractivity contribution in [2.45, 2.75) is 12.8 Å². The van der Waals surface area contributed by atoms with Crippen molar-refractivity contribution in [2.24, 2.45) is 0 Å². The van der Waals surface area contributed by atoms with Crippen LogP contribution in [0, 0.1) is 0 Å². The number of rotatable bonds is 0. The topological polar surface area (TPSA) is 53.6 Å². The summed E-state index contributed by atoms with van der Waals surface area (Å²) >= 11 is 0. The van der Waals surface area contributed by atoms with Crippen LogP contribution in [0.3, 0.4) is 0 Å². The Balaban J connectivity index is 2.07. The van der Waals surface area contributed by atoms with Crippen LogP contribution in [0.5, 0.6) is 11.5 Å². The minimum Gasteiger partial charge on any atom is -0.508 e. The van der Waals surface area contributed by atoms with Crippen LogP contribution in [0.2, 0.25) is 0 Å². The number of aromatic hydroxyl groups is 2. The maximum Gasteiger partial charge on any atom is 0.139 e. The number of phenolic OH excluding ortho intramolecular Hbond substituents is 2. The van der Waals surface area contributed by atoms with Crippen molar-refractivity contribution in [1.82, 2.24) is 0 Å². The Morgan fingerprint density at radius 1 is 0.947 bits per heavy atom. The Labute approximate surface area is 109 Å². The molecule has 2 aromatic carbocycles. The Kier molecular flexibility index (Phi) is 1.96. The fourth-order valence-electron chi connectivity index (χ4n) is 2.90. The van der Waals surface area contributed by atoms with Gasteiger partial charge in [-0.2, -0.15) is 0 Å². The number of phenols is 2. The van der Waals surface area contributed by atoms with Crippen molar-refractivity contribution in [3.05, 3.63) is 47.5 Å². The molecule has 1 heterocycles. The highest BCUT2D eigenvalue weighted by Gasteiger charge is 2.24. The van der Waals surface area contributed by atoms with Crippen LogP contribution in [0.25, 0.3) is 22.3 Å². The average Bonchev–Trinajstić information content (AvgIpc) is 2.77. The summed E-state index contributed by atoms with van der Waals surface area (Å²) in [6.07, 6.45) is 1.65. The van der Waals surface area contributed by atoms with E-state index in [1.807, 2.05) is 18.2 Å². The fraction of sp³-hybridized carbons (Fsp3) is 0.125. The second kappa shape index (κ2) is 3.54. The largest absolute Gasteiger partial charge is 0.508 e. The maximum absolute atomic E-state index is 9.92. The predicted molar refractivity (Wildman–Crippen MR) is 72.4 cm³/mol. The molecule has 4 rings (SSSR count). The molecule has 0 unspecified atom stereocenters. The molecule has 0 fully saturated rings. The average molecular weight is 252 g/mol. The summed E-state index contributed by atoms with van der Waals surface area (Å²) in [6, 6.07) is 10.7. The normalized spacial score (nSPS) is 13.3. The molecular weight excluding hydrogens is 240 g/mol. The zero-order chi connectivity index (χ0) is 13.0. The molecule has 3 heteroatoms. The van der Waals surface area contributed by atoms with Crippen molar-refractivity contribution in [2.75, 3.05) is 0 Å². The number of hydrogen-bond acceptors (Lipinski definition) is 3. The van der Waals surface area contributed by atoms with Crippen molar-refractivity contribution in [1.29, 1.82) is 0 Å². The highest BCUT2D eigenvalue weighted by Crippen LogP contribution is 2.42. The van der Waals surface area contributed by atoms with E-state index >= 15 is 0 Å². The van der Waals surface area contributed by atoms with Gasteiger partial charge in [0.2, 0.25) is 0 Å². The first kappa shape index (κ1) is 10.5. The smallest absolute Gasteiger partial charge is 0.139 e. The van der Waals surface area contributed by atoms with E-state index < -0.39 is 0 Å². The second-order valence-electron chi connectivity index (χ2n) is 4.89. The van der Waals surface area contributed by atoms with Crippen LogP contribution in [0.4, 0.5) is 0 Å². The molecule has 0 atom stereocenters. The number of hydrogen-bond donors (Lipinski definition) is 2. The van der Waals surface area contributed by atoms with Gasteiger partial charge >= 0.3 is 0 Å². The minimum absolute atomic E-state index is 0.203.